The van der Waals surface area contributed by atoms with E-state index in [0.29, 0.717) is 31.5 Å². The van der Waals surface area contributed by atoms with Crippen molar-refractivity contribution < 1.29 is 9.53 Å². The van der Waals surface area contributed by atoms with Gasteiger partial charge < -0.3 is 15.0 Å². The summed E-state index contributed by atoms with van der Waals surface area (Å²) in [5.41, 5.74) is 0. The van der Waals surface area contributed by atoms with Crippen molar-refractivity contribution in [1.82, 2.24) is 10.2 Å². The van der Waals surface area contributed by atoms with Crippen LogP contribution in [0.3, 0.4) is 0 Å². The lowest BCUT2D eigenvalue weighted by Crippen LogP contribution is -2.47. The molecule has 0 aromatic heterocycles. The molecule has 2 aliphatic rings. The van der Waals surface area contributed by atoms with Gasteiger partial charge in [-0.1, -0.05) is 0 Å². The van der Waals surface area contributed by atoms with E-state index in [0.717, 1.165) is 26.1 Å². The zero-order chi connectivity index (χ0) is 11.4. The Balaban J connectivity index is 0.00000144. The molecule has 0 saturated carbocycles. The highest BCUT2D eigenvalue weighted by Crippen LogP contribution is 2.16. The first kappa shape index (κ1) is 14.7. The van der Waals surface area contributed by atoms with E-state index in [1.807, 2.05) is 4.90 Å². The number of morpholine rings is 1. The third kappa shape index (κ3) is 4.12. The van der Waals surface area contributed by atoms with E-state index >= 15 is 0 Å². The summed E-state index contributed by atoms with van der Waals surface area (Å²) in [4.78, 5) is 14.0. The summed E-state index contributed by atoms with van der Waals surface area (Å²) in [6.07, 6.45) is 2.97. The van der Waals surface area contributed by atoms with Gasteiger partial charge in [-0.05, 0) is 38.8 Å². The van der Waals surface area contributed by atoms with Gasteiger partial charge >= 0.3 is 0 Å². The van der Waals surface area contributed by atoms with Gasteiger partial charge in [-0.2, -0.15) is 0 Å². The molecule has 100 valence electrons. The number of hydrogen-bond donors (Lipinski definition) is 1. The number of carbonyl (C=O) groups excluding carboxylic acids is 1. The van der Waals surface area contributed by atoms with Crippen LogP contribution in [0.2, 0.25) is 0 Å². The minimum atomic E-state index is 0. The third-order valence-corrected chi connectivity index (χ3v) is 3.62. The predicted octanol–water partition coefficient (Wildman–Crippen LogP) is 1.05. The summed E-state index contributed by atoms with van der Waals surface area (Å²) in [5.74, 6) is 1.02. The van der Waals surface area contributed by atoms with Crippen LogP contribution in [0.5, 0.6) is 0 Å². The first-order chi connectivity index (χ1) is 7.77. The van der Waals surface area contributed by atoms with E-state index in [-0.39, 0.29) is 18.4 Å². The molecule has 0 spiro atoms. The summed E-state index contributed by atoms with van der Waals surface area (Å²) in [6, 6.07) is 0.253. The van der Waals surface area contributed by atoms with Gasteiger partial charge in [-0.3, -0.25) is 4.79 Å². The van der Waals surface area contributed by atoms with Gasteiger partial charge in [-0.15, -0.1) is 12.4 Å². The molecule has 4 nitrogen and oxygen atoms in total. The number of halogens is 1. The molecule has 2 heterocycles. The average Bonchev–Trinajstić information content (AvgIpc) is 2.79. The number of hydrogen-bond acceptors (Lipinski definition) is 3. The Labute approximate surface area is 109 Å². The molecule has 0 aromatic rings. The second kappa shape index (κ2) is 7.19. The lowest BCUT2D eigenvalue weighted by atomic mass is 10.0. The largest absolute Gasteiger partial charge is 0.377 e. The van der Waals surface area contributed by atoms with Crippen LogP contribution in [0.25, 0.3) is 0 Å². The normalized spacial score (nSPS) is 28.9. The molecule has 1 amide bonds. The average molecular weight is 263 g/mol. The molecule has 5 heteroatoms. The maximum Gasteiger partial charge on any atom is 0.222 e. The number of nitrogens with one attached hydrogen (secondary N) is 1. The van der Waals surface area contributed by atoms with Crippen LogP contribution in [0.1, 0.15) is 26.2 Å². The Kier molecular flexibility index (Phi) is 6.23. The minimum absolute atomic E-state index is 0. The fourth-order valence-electron chi connectivity index (χ4n) is 2.53. The first-order valence-electron chi connectivity index (χ1n) is 6.35. The van der Waals surface area contributed by atoms with Crippen LogP contribution >= 0.6 is 12.4 Å². The van der Waals surface area contributed by atoms with Crippen LogP contribution in [-0.4, -0.2) is 49.7 Å². The highest BCUT2D eigenvalue weighted by Gasteiger charge is 2.24. The van der Waals surface area contributed by atoms with Gasteiger partial charge in [0.2, 0.25) is 5.91 Å². The Bertz CT molecular complexity index is 245. The van der Waals surface area contributed by atoms with E-state index < -0.39 is 0 Å². The zero-order valence-corrected chi connectivity index (χ0v) is 11.3. The van der Waals surface area contributed by atoms with Crippen LogP contribution in [0.4, 0.5) is 0 Å². The molecule has 17 heavy (non-hydrogen) atoms. The van der Waals surface area contributed by atoms with Gasteiger partial charge in [0.15, 0.2) is 0 Å². The van der Waals surface area contributed by atoms with Crippen LogP contribution < -0.4 is 5.32 Å². The maximum absolute atomic E-state index is 12.0. The molecule has 0 aliphatic carbocycles. The summed E-state index contributed by atoms with van der Waals surface area (Å²) in [6.45, 7) is 6.42. The molecular formula is C12H23ClN2O2. The van der Waals surface area contributed by atoms with Gasteiger partial charge in [0.25, 0.3) is 0 Å². The molecule has 0 radical (unpaired) electrons. The molecule has 2 aliphatic heterocycles. The minimum Gasteiger partial charge on any atom is -0.377 e. The number of nitrogens with zero attached hydrogens (tertiary/aromatic N) is 1. The highest BCUT2D eigenvalue weighted by atomic mass is 35.5. The number of carbonyl (C=O) groups is 1. The van der Waals surface area contributed by atoms with E-state index in [1.165, 1.54) is 6.42 Å². The van der Waals surface area contributed by atoms with Crippen molar-refractivity contribution in [2.45, 2.75) is 32.2 Å². The number of amides is 1. The number of rotatable bonds is 3. The molecule has 2 fully saturated rings. The van der Waals surface area contributed by atoms with E-state index in [1.54, 1.807) is 0 Å². The van der Waals surface area contributed by atoms with Crippen molar-refractivity contribution in [3.05, 3.63) is 0 Å². The molecule has 2 rings (SSSR count). The second-order valence-electron chi connectivity index (χ2n) is 4.91. The van der Waals surface area contributed by atoms with Crippen molar-refractivity contribution in [1.29, 1.82) is 0 Å². The monoisotopic (exact) mass is 262 g/mol. The van der Waals surface area contributed by atoms with E-state index in [2.05, 4.69) is 12.2 Å². The van der Waals surface area contributed by atoms with Crippen molar-refractivity contribution in [2.75, 3.05) is 32.8 Å². The smallest absolute Gasteiger partial charge is 0.222 e. The van der Waals surface area contributed by atoms with Gasteiger partial charge in [-0.25, -0.2) is 0 Å². The standard InChI is InChI=1S/C12H22N2O2.ClH/c1-10-9-16-7-6-14(10)12(15)3-2-11-4-5-13-8-11;/h10-11,13H,2-9H2,1H3;1H. The fourth-order valence-corrected chi connectivity index (χ4v) is 2.53. The molecule has 0 bridgehead atoms. The zero-order valence-electron chi connectivity index (χ0n) is 10.5. The third-order valence-electron chi connectivity index (χ3n) is 3.62. The second-order valence-corrected chi connectivity index (χ2v) is 4.91. The lowest BCUT2D eigenvalue weighted by Gasteiger charge is -2.33. The number of ether oxygens (including phenoxy) is 1. The van der Waals surface area contributed by atoms with Crippen LogP contribution in [0, 0.1) is 5.92 Å². The van der Waals surface area contributed by atoms with Gasteiger partial charge in [0.05, 0.1) is 19.3 Å². The summed E-state index contributed by atoms with van der Waals surface area (Å²) in [7, 11) is 0. The van der Waals surface area contributed by atoms with Crippen molar-refractivity contribution >= 4 is 18.3 Å². The lowest BCUT2D eigenvalue weighted by molar-refractivity contribution is -0.139. The topological polar surface area (TPSA) is 41.6 Å². The molecule has 2 saturated heterocycles. The predicted molar refractivity (Wildman–Crippen MR) is 69.5 cm³/mol. The van der Waals surface area contributed by atoms with E-state index in [9.17, 15) is 4.79 Å². The van der Waals surface area contributed by atoms with Crippen LogP contribution in [-0.2, 0) is 9.53 Å². The van der Waals surface area contributed by atoms with Crippen LogP contribution in [0.15, 0.2) is 0 Å². The van der Waals surface area contributed by atoms with Gasteiger partial charge in [0.1, 0.15) is 0 Å². The van der Waals surface area contributed by atoms with Crippen molar-refractivity contribution in [2.24, 2.45) is 5.92 Å². The van der Waals surface area contributed by atoms with Crippen molar-refractivity contribution in [3.8, 4) is 0 Å². The summed E-state index contributed by atoms with van der Waals surface area (Å²) >= 11 is 0. The molecule has 0 aromatic carbocycles. The van der Waals surface area contributed by atoms with E-state index in [4.69, 9.17) is 4.74 Å². The highest BCUT2D eigenvalue weighted by molar-refractivity contribution is 5.85. The van der Waals surface area contributed by atoms with Crippen molar-refractivity contribution in [3.63, 3.8) is 0 Å². The Morgan fingerprint density at radius 3 is 3.00 bits per heavy atom. The molecular weight excluding hydrogens is 240 g/mol. The van der Waals surface area contributed by atoms with Gasteiger partial charge in [0, 0.05) is 13.0 Å². The Morgan fingerprint density at radius 1 is 1.53 bits per heavy atom. The fraction of sp³-hybridized carbons (Fsp3) is 0.917. The maximum atomic E-state index is 12.0. The SMILES string of the molecule is CC1COCCN1C(=O)CCC1CCNC1.Cl. The Morgan fingerprint density at radius 2 is 2.35 bits per heavy atom. The Hall–Kier alpha value is -0.320. The summed E-state index contributed by atoms with van der Waals surface area (Å²) < 4.78 is 5.34. The molecule has 2 unspecified atom stereocenters. The molecule has 1 N–H and O–H groups in total. The summed E-state index contributed by atoms with van der Waals surface area (Å²) in [5, 5.41) is 3.34. The quantitative estimate of drug-likeness (QED) is 0.827. The molecule has 2 atom stereocenters. The first-order valence-corrected chi connectivity index (χ1v) is 6.35.